The Labute approximate surface area is 122 Å². The number of rotatable bonds is 8. The quantitative estimate of drug-likeness (QED) is 0.719. The van der Waals surface area contributed by atoms with E-state index in [0.717, 1.165) is 5.69 Å². The predicted molar refractivity (Wildman–Crippen MR) is 82.3 cm³/mol. The molecule has 0 aliphatic rings. The molecular formula is C16H27NO3. The number of anilines is 1. The van der Waals surface area contributed by atoms with Crippen molar-refractivity contribution in [2.24, 2.45) is 0 Å². The van der Waals surface area contributed by atoms with Crippen molar-refractivity contribution in [3.05, 3.63) is 29.8 Å². The highest BCUT2D eigenvalue weighted by Crippen LogP contribution is 2.23. The molecule has 4 heteroatoms. The van der Waals surface area contributed by atoms with Gasteiger partial charge in [0.15, 0.2) is 0 Å². The zero-order chi connectivity index (χ0) is 15.0. The molecule has 2 N–H and O–H groups in total. The molecule has 1 atom stereocenters. The van der Waals surface area contributed by atoms with Crippen LogP contribution in [0.2, 0.25) is 0 Å². The molecule has 0 saturated carbocycles. The zero-order valence-electron chi connectivity index (χ0n) is 13.0. The maximum Gasteiger partial charge on any atom is 0.0945 e. The SMILES string of the molecule is COCCOCC(O)CNc1ccc(C(C)(C)C)cc1. The number of benzene rings is 1. The summed E-state index contributed by atoms with van der Waals surface area (Å²) in [6, 6.07) is 8.31. The molecule has 1 rings (SSSR count). The van der Waals surface area contributed by atoms with Crippen LogP contribution in [0, 0.1) is 0 Å². The van der Waals surface area contributed by atoms with Crippen molar-refractivity contribution in [1.29, 1.82) is 0 Å². The van der Waals surface area contributed by atoms with E-state index >= 15 is 0 Å². The molecule has 1 aromatic carbocycles. The first kappa shape index (κ1) is 17.0. The molecule has 0 fully saturated rings. The first-order valence-corrected chi connectivity index (χ1v) is 7.02. The number of aliphatic hydroxyl groups excluding tert-OH is 1. The van der Waals surface area contributed by atoms with Gasteiger partial charge in [-0.05, 0) is 23.1 Å². The molecule has 0 aliphatic carbocycles. The predicted octanol–water partition coefficient (Wildman–Crippen LogP) is 2.42. The second-order valence-corrected chi connectivity index (χ2v) is 5.93. The molecular weight excluding hydrogens is 254 g/mol. The van der Waals surface area contributed by atoms with Crippen LogP contribution in [0.25, 0.3) is 0 Å². The van der Waals surface area contributed by atoms with Gasteiger partial charge in [0.05, 0.1) is 25.9 Å². The van der Waals surface area contributed by atoms with Gasteiger partial charge in [-0.25, -0.2) is 0 Å². The summed E-state index contributed by atoms with van der Waals surface area (Å²) >= 11 is 0. The fourth-order valence-electron chi connectivity index (χ4n) is 1.74. The minimum absolute atomic E-state index is 0.160. The van der Waals surface area contributed by atoms with Gasteiger partial charge < -0.3 is 19.9 Å². The Bertz CT molecular complexity index is 370. The average Bonchev–Trinajstić information content (AvgIpc) is 2.41. The van der Waals surface area contributed by atoms with Gasteiger partial charge in [0, 0.05) is 19.3 Å². The van der Waals surface area contributed by atoms with Crippen LogP contribution < -0.4 is 5.32 Å². The number of hydrogen-bond donors (Lipinski definition) is 2. The number of aliphatic hydroxyl groups is 1. The smallest absolute Gasteiger partial charge is 0.0945 e. The highest BCUT2D eigenvalue weighted by Gasteiger charge is 2.12. The highest BCUT2D eigenvalue weighted by molar-refractivity contribution is 5.45. The maximum atomic E-state index is 9.77. The van der Waals surface area contributed by atoms with Gasteiger partial charge in [-0.1, -0.05) is 32.9 Å². The normalized spacial score (nSPS) is 13.2. The number of methoxy groups -OCH3 is 1. The van der Waals surface area contributed by atoms with Gasteiger partial charge in [-0.2, -0.15) is 0 Å². The summed E-state index contributed by atoms with van der Waals surface area (Å²) in [5.41, 5.74) is 2.47. The van der Waals surface area contributed by atoms with Crippen LogP contribution in [0.4, 0.5) is 5.69 Å². The van der Waals surface area contributed by atoms with Crippen LogP contribution in [0.15, 0.2) is 24.3 Å². The monoisotopic (exact) mass is 281 g/mol. The van der Waals surface area contributed by atoms with E-state index in [-0.39, 0.29) is 5.41 Å². The molecule has 114 valence electrons. The molecule has 0 bridgehead atoms. The largest absolute Gasteiger partial charge is 0.389 e. The second-order valence-electron chi connectivity index (χ2n) is 5.93. The van der Waals surface area contributed by atoms with E-state index in [2.05, 4.69) is 38.2 Å². The van der Waals surface area contributed by atoms with Crippen LogP contribution >= 0.6 is 0 Å². The Hall–Kier alpha value is -1.10. The van der Waals surface area contributed by atoms with E-state index in [1.807, 2.05) is 12.1 Å². The van der Waals surface area contributed by atoms with Crippen molar-refractivity contribution >= 4 is 5.69 Å². The molecule has 20 heavy (non-hydrogen) atoms. The minimum atomic E-state index is -0.519. The van der Waals surface area contributed by atoms with Gasteiger partial charge in [0.25, 0.3) is 0 Å². The molecule has 1 unspecified atom stereocenters. The van der Waals surface area contributed by atoms with Crippen LogP contribution in [0.1, 0.15) is 26.3 Å². The lowest BCUT2D eigenvalue weighted by Crippen LogP contribution is -2.25. The third-order valence-electron chi connectivity index (χ3n) is 3.03. The van der Waals surface area contributed by atoms with Crippen molar-refractivity contribution in [3.8, 4) is 0 Å². The summed E-state index contributed by atoms with van der Waals surface area (Å²) in [6.07, 6.45) is -0.519. The Morgan fingerprint density at radius 3 is 2.35 bits per heavy atom. The fraction of sp³-hybridized carbons (Fsp3) is 0.625. The Morgan fingerprint density at radius 1 is 1.15 bits per heavy atom. The van der Waals surface area contributed by atoms with Gasteiger partial charge in [0.1, 0.15) is 0 Å². The van der Waals surface area contributed by atoms with Gasteiger partial charge in [-0.15, -0.1) is 0 Å². The first-order valence-electron chi connectivity index (χ1n) is 7.02. The van der Waals surface area contributed by atoms with Crippen molar-refractivity contribution in [2.45, 2.75) is 32.3 Å². The van der Waals surface area contributed by atoms with Crippen LogP contribution in [-0.2, 0) is 14.9 Å². The summed E-state index contributed by atoms with van der Waals surface area (Å²) in [5.74, 6) is 0. The summed E-state index contributed by atoms with van der Waals surface area (Å²) < 4.78 is 10.1. The number of ether oxygens (including phenoxy) is 2. The van der Waals surface area contributed by atoms with E-state index in [4.69, 9.17) is 9.47 Å². The standard InChI is InChI=1S/C16H27NO3/c1-16(2,3)13-5-7-14(8-6-13)17-11-15(18)12-20-10-9-19-4/h5-8,15,17-18H,9-12H2,1-4H3. The topological polar surface area (TPSA) is 50.7 Å². The molecule has 0 saturated heterocycles. The van der Waals surface area contributed by atoms with E-state index in [0.29, 0.717) is 26.4 Å². The van der Waals surface area contributed by atoms with Gasteiger partial charge >= 0.3 is 0 Å². The second kappa shape index (κ2) is 8.25. The molecule has 0 amide bonds. The van der Waals surface area contributed by atoms with E-state index in [9.17, 15) is 5.11 Å². The third kappa shape index (κ3) is 6.37. The Morgan fingerprint density at radius 2 is 1.80 bits per heavy atom. The summed E-state index contributed by atoms with van der Waals surface area (Å²) in [7, 11) is 1.63. The first-order chi connectivity index (χ1) is 9.43. The highest BCUT2D eigenvalue weighted by atomic mass is 16.5. The van der Waals surface area contributed by atoms with Crippen LogP contribution in [-0.4, -0.2) is 44.7 Å². The molecule has 0 spiro atoms. The molecule has 0 heterocycles. The molecule has 1 aromatic rings. The van der Waals surface area contributed by atoms with Crippen molar-refractivity contribution < 1.29 is 14.6 Å². The average molecular weight is 281 g/mol. The van der Waals surface area contributed by atoms with Crippen molar-refractivity contribution in [2.75, 3.05) is 38.8 Å². The molecule has 4 nitrogen and oxygen atoms in total. The summed E-state index contributed by atoms with van der Waals surface area (Å²) in [6.45, 7) is 8.42. The lowest BCUT2D eigenvalue weighted by atomic mass is 9.87. The Balaban J connectivity index is 2.31. The molecule has 0 aromatic heterocycles. The van der Waals surface area contributed by atoms with Gasteiger partial charge in [0.2, 0.25) is 0 Å². The van der Waals surface area contributed by atoms with E-state index in [1.165, 1.54) is 5.56 Å². The number of hydrogen-bond acceptors (Lipinski definition) is 4. The van der Waals surface area contributed by atoms with E-state index < -0.39 is 6.10 Å². The fourth-order valence-corrected chi connectivity index (χ4v) is 1.74. The molecule has 0 radical (unpaired) electrons. The van der Waals surface area contributed by atoms with Crippen LogP contribution in [0.5, 0.6) is 0 Å². The Kier molecular flexibility index (Phi) is 6.99. The van der Waals surface area contributed by atoms with Crippen molar-refractivity contribution in [3.63, 3.8) is 0 Å². The summed E-state index contributed by atoms with van der Waals surface area (Å²) in [4.78, 5) is 0. The third-order valence-corrected chi connectivity index (χ3v) is 3.03. The number of nitrogens with one attached hydrogen (secondary N) is 1. The maximum absolute atomic E-state index is 9.77. The van der Waals surface area contributed by atoms with Gasteiger partial charge in [-0.3, -0.25) is 0 Å². The lowest BCUT2D eigenvalue weighted by Gasteiger charge is -2.19. The lowest BCUT2D eigenvalue weighted by molar-refractivity contribution is 0.0182. The van der Waals surface area contributed by atoms with Crippen LogP contribution in [0.3, 0.4) is 0 Å². The minimum Gasteiger partial charge on any atom is -0.389 e. The van der Waals surface area contributed by atoms with Crippen molar-refractivity contribution in [1.82, 2.24) is 0 Å². The zero-order valence-corrected chi connectivity index (χ0v) is 13.0. The van der Waals surface area contributed by atoms with E-state index in [1.54, 1.807) is 7.11 Å². The molecule has 0 aliphatic heterocycles. The summed E-state index contributed by atoms with van der Waals surface area (Å²) in [5, 5.41) is 13.0.